The van der Waals surface area contributed by atoms with E-state index in [0.29, 0.717) is 36.1 Å². The van der Waals surface area contributed by atoms with Crippen molar-refractivity contribution in [2.24, 2.45) is 0 Å². The normalized spacial score (nSPS) is 11.3. The van der Waals surface area contributed by atoms with Gasteiger partial charge in [-0.05, 0) is 24.1 Å². The molecule has 0 spiro atoms. The van der Waals surface area contributed by atoms with Crippen LogP contribution in [0.4, 0.5) is 0 Å². The summed E-state index contributed by atoms with van der Waals surface area (Å²) in [7, 11) is 0. The molecular weight excluding hydrogens is 370 g/mol. The largest absolute Gasteiger partial charge is 0.456 e. The summed E-state index contributed by atoms with van der Waals surface area (Å²) in [5.41, 5.74) is 0.730. The van der Waals surface area contributed by atoms with Gasteiger partial charge >= 0.3 is 5.97 Å². The first kappa shape index (κ1) is 20.9. The predicted molar refractivity (Wildman–Crippen MR) is 100 cm³/mol. The number of hydrogen-bond donors (Lipinski definition) is 1. The Morgan fingerprint density at radius 3 is 2.56 bits per heavy atom. The van der Waals surface area contributed by atoms with E-state index in [0.717, 1.165) is 5.56 Å². The van der Waals surface area contributed by atoms with Crippen molar-refractivity contribution < 1.29 is 18.8 Å². The summed E-state index contributed by atoms with van der Waals surface area (Å²) >= 11 is 5.80. The molecule has 0 aliphatic heterocycles. The maximum atomic E-state index is 11.7. The lowest BCUT2D eigenvalue weighted by atomic mass is 9.96. The first-order valence-electron chi connectivity index (χ1n) is 8.74. The number of aromatic nitrogens is 2. The smallest absolute Gasteiger partial charge is 0.306 e. The molecule has 1 aromatic carbocycles. The van der Waals surface area contributed by atoms with Crippen LogP contribution in [0.5, 0.6) is 0 Å². The fourth-order valence-corrected chi connectivity index (χ4v) is 2.24. The van der Waals surface area contributed by atoms with Gasteiger partial charge in [0, 0.05) is 29.8 Å². The second-order valence-corrected chi connectivity index (χ2v) is 7.62. The second-order valence-electron chi connectivity index (χ2n) is 7.18. The van der Waals surface area contributed by atoms with Crippen molar-refractivity contribution in [1.29, 1.82) is 0 Å². The summed E-state index contributed by atoms with van der Waals surface area (Å²) in [5.74, 6) is 0.336. The molecule has 0 unspecified atom stereocenters. The van der Waals surface area contributed by atoms with E-state index in [4.69, 9.17) is 20.9 Å². The molecule has 1 amide bonds. The van der Waals surface area contributed by atoms with Gasteiger partial charge in [-0.1, -0.05) is 49.7 Å². The van der Waals surface area contributed by atoms with E-state index < -0.39 is 5.97 Å². The van der Waals surface area contributed by atoms with Gasteiger partial charge in [-0.2, -0.15) is 4.98 Å². The van der Waals surface area contributed by atoms with Crippen LogP contribution >= 0.6 is 11.6 Å². The van der Waals surface area contributed by atoms with Gasteiger partial charge in [-0.25, -0.2) is 0 Å². The molecule has 27 heavy (non-hydrogen) atoms. The van der Waals surface area contributed by atoms with Crippen LogP contribution in [0.3, 0.4) is 0 Å². The van der Waals surface area contributed by atoms with Crippen LogP contribution in [0.15, 0.2) is 28.8 Å². The predicted octanol–water partition coefficient (Wildman–Crippen LogP) is 3.20. The lowest BCUT2D eigenvalue weighted by Gasteiger charge is -2.10. The Morgan fingerprint density at radius 2 is 1.93 bits per heavy atom. The molecule has 0 aliphatic carbocycles. The molecule has 0 saturated heterocycles. The zero-order valence-corrected chi connectivity index (χ0v) is 16.5. The number of ether oxygens (including phenoxy) is 1. The van der Waals surface area contributed by atoms with Crippen LogP contribution in [0.1, 0.15) is 50.9 Å². The number of benzene rings is 1. The van der Waals surface area contributed by atoms with E-state index in [1.807, 2.05) is 32.9 Å². The summed E-state index contributed by atoms with van der Waals surface area (Å²) < 4.78 is 10.1. The van der Waals surface area contributed by atoms with Crippen LogP contribution in [-0.4, -0.2) is 28.6 Å². The van der Waals surface area contributed by atoms with Crippen molar-refractivity contribution in [3.63, 3.8) is 0 Å². The lowest BCUT2D eigenvalue weighted by Crippen LogP contribution is -2.28. The summed E-state index contributed by atoms with van der Waals surface area (Å²) in [6.07, 6.45) is 1.18. The van der Waals surface area contributed by atoms with Crippen LogP contribution in [0, 0.1) is 0 Å². The average molecular weight is 394 g/mol. The SMILES string of the molecule is CC(C)(C)c1noc(CCCC(=O)OCC(=O)NCc2ccc(Cl)cc2)n1. The molecule has 2 rings (SSSR count). The Kier molecular flexibility index (Phi) is 7.36. The number of nitrogens with zero attached hydrogens (tertiary/aromatic N) is 2. The highest BCUT2D eigenvalue weighted by molar-refractivity contribution is 6.30. The third-order valence-electron chi connectivity index (χ3n) is 3.68. The quantitative estimate of drug-likeness (QED) is 0.692. The van der Waals surface area contributed by atoms with Gasteiger partial charge in [0.15, 0.2) is 12.4 Å². The Hall–Kier alpha value is -2.41. The Labute approximate surface area is 163 Å². The fraction of sp³-hybridized carbons (Fsp3) is 0.474. The number of carbonyl (C=O) groups excluding carboxylic acids is 2. The third-order valence-corrected chi connectivity index (χ3v) is 3.93. The summed E-state index contributed by atoms with van der Waals surface area (Å²) in [6.45, 7) is 6.03. The van der Waals surface area contributed by atoms with Crippen LogP contribution < -0.4 is 5.32 Å². The zero-order chi connectivity index (χ0) is 19.9. The number of amides is 1. The van der Waals surface area contributed by atoms with Crippen LogP contribution in [0.25, 0.3) is 0 Å². The van der Waals surface area contributed by atoms with E-state index in [1.54, 1.807) is 12.1 Å². The molecule has 1 heterocycles. The van der Waals surface area contributed by atoms with E-state index >= 15 is 0 Å². The average Bonchev–Trinajstić information content (AvgIpc) is 3.09. The summed E-state index contributed by atoms with van der Waals surface area (Å²) in [6, 6.07) is 7.13. The standard InChI is InChI=1S/C19H24ClN3O4/c1-19(2,3)18-22-16(27-23-18)5-4-6-17(25)26-12-15(24)21-11-13-7-9-14(20)10-8-13/h7-10H,4-6,11-12H2,1-3H3,(H,21,24). The van der Waals surface area contributed by atoms with Crippen molar-refractivity contribution >= 4 is 23.5 Å². The summed E-state index contributed by atoms with van der Waals surface area (Å²) in [5, 5.41) is 7.25. The molecule has 0 bridgehead atoms. The Balaban J connectivity index is 1.62. The monoisotopic (exact) mass is 393 g/mol. The van der Waals surface area contributed by atoms with Gasteiger partial charge in [-0.3, -0.25) is 9.59 Å². The molecule has 0 saturated carbocycles. The first-order valence-corrected chi connectivity index (χ1v) is 9.11. The molecule has 0 fully saturated rings. The lowest BCUT2D eigenvalue weighted by molar-refractivity contribution is -0.148. The van der Waals surface area contributed by atoms with E-state index in [-0.39, 0.29) is 24.3 Å². The van der Waals surface area contributed by atoms with Crippen LogP contribution in [-0.2, 0) is 32.7 Å². The number of carbonyl (C=O) groups is 2. The molecule has 7 nitrogen and oxygen atoms in total. The Bertz CT molecular complexity index is 766. The van der Waals surface area contributed by atoms with E-state index in [2.05, 4.69) is 15.5 Å². The van der Waals surface area contributed by atoms with E-state index in [9.17, 15) is 9.59 Å². The minimum absolute atomic E-state index is 0.178. The first-order chi connectivity index (χ1) is 12.7. The number of rotatable bonds is 8. The molecule has 146 valence electrons. The zero-order valence-electron chi connectivity index (χ0n) is 15.8. The molecule has 1 aromatic heterocycles. The van der Waals surface area contributed by atoms with Gasteiger partial charge in [0.2, 0.25) is 5.89 Å². The van der Waals surface area contributed by atoms with Gasteiger partial charge in [-0.15, -0.1) is 0 Å². The molecule has 8 heteroatoms. The third kappa shape index (κ3) is 7.38. The number of esters is 1. The highest BCUT2D eigenvalue weighted by atomic mass is 35.5. The molecule has 0 aliphatic rings. The van der Waals surface area contributed by atoms with Crippen molar-refractivity contribution in [2.75, 3.05) is 6.61 Å². The van der Waals surface area contributed by atoms with Crippen molar-refractivity contribution in [3.8, 4) is 0 Å². The number of halogens is 1. The molecule has 0 radical (unpaired) electrons. The minimum atomic E-state index is -0.438. The highest BCUT2D eigenvalue weighted by Gasteiger charge is 2.20. The molecular formula is C19H24ClN3O4. The van der Waals surface area contributed by atoms with Gasteiger partial charge < -0.3 is 14.6 Å². The Morgan fingerprint density at radius 1 is 1.22 bits per heavy atom. The van der Waals surface area contributed by atoms with Crippen LogP contribution in [0.2, 0.25) is 5.02 Å². The maximum Gasteiger partial charge on any atom is 0.306 e. The molecule has 0 atom stereocenters. The minimum Gasteiger partial charge on any atom is -0.456 e. The fourth-order valence-electron chi connectivity index (χ4n) is 2.12. The van der Waals surface area contributed by atoms with Gasteiger partial charge in [0.25, 0.3) is 5.91 Å². The number of aryl methyl sites for hydroxylation is 1. The topological polar surface area (TPSA) is 94.3 Å². The highest BCUT2D eigenvalue weighted by Crippen LogP contribution is 2.19. The van der Waals surface area contributed by atoms with Gasteiger partial charge in [0.1, 0.15) is 0 Å². The maximum absolute atomic E-state index is 11.7. The molecule has 1 N–H and O–H groups in total. The second kappa shape index (κ2) is 9.50. The molecule has 2 aromatic rings. The number of nitrogens with one attached hydrogen (secondary N) is 1. The van der Waals surface area contributed by atoms with Crippen molar-refractivity contribution in [3.05, 3.63) is 46.6 Å². The van der Waals surface area contributed by atoms with E-state index in [1.165, 1.54) is 0 Å². The van der Waals surface area contributed by atoms with Crippen molar-refractivity contribution in [1.82, 2.24) is 15.5 Å². The summed E-state index contributed by atoms with van der Waals surface area (Å²) in [4.78, 5) is 27.8. The van der Waals surface area contributed by atoms with Gasteiger partial charge in [0.05, 0.1) is 0 Å². The number of hydrogen-bond acceptors (Lipinski definition) is 6. The van der Waals surface area contributed by atoms with Crippen molar-refractivity contribution in [2.45, 2.75) is 52.0 Å².